The summed E-state index contributed by atoms with van der Waals surface area (Å²) in [4.78, 5) is 23.9. The number of ether oxygens (including phenoxy) is 2. The molecule has 0 saturated heterocycles. The van der Waals surface area contributed by atoms with Crippen LogP contribution < -0.4 is 10.1 Å². The highest BCUT2D eigenvalue weighted by molar-refractivity contribution is 7.20. The first-order valence-corrected chi connectivity index (χ1v) is 11.9. The maximum absolute atomic E-state index is 13.3. The number of nitrogens with one attached hydrogen (secondary N) is 1. The maximum atomic E-state index is 13.3. The molecule has 1 unspecified atom stereocenters. The number of aryl methyl sites for hydroxylation is 1. The van der Waals surface area contributed by atoms with E-state index in [0.29, 0.717) is 23.2 Å². The lowest BCUT2D eigenvalue weighted by Gasteiger charge is -2.59. The molecule has 6 rings (SSSR count). The fraction of sp³-hybridized carbons (Fsp3) is 0.696. The van der Waals surface area contributed by atoms with E-state index in [1.165, 1.54) is 49.9 Å². The second-order valence-electron chi connectivity index (χ2n) is 9.79. The average Bonchev–Trinajstić information content (AvgIpc) is 3.03. The Balaban J connectivity index is 1.41. The standard InChI is InChI=1S/C23H31N3O3S/c1-12-18-21(29-4)25-17(11-28-3)26-22(18)30-19(12)20(27)24-13(2)23-8-14-5-15(9-23)7-16(6-14)10-23/h13-16H,5-11H2,1-4H3,(H,24,27). The molecule has 4 aliphatic carbocycles. The molecule has 0 spiro atoms. The number of aromatic nitrogens is 2. The van der Waals surface area contributed by atoms with Gasteiger partial charge in [-0.25, -0.2) is 4.98 Å². The average molecular weight is 430 g/mol. The van der Waals surface area contributed by atoms with Crippen LogP contribution in [-0.2, 0) is 11.3 Å². The number of hydrogen-bond donors (Lipinski definition) is 1. The van der Waals surface area contributed by atoms with Crippen LogP contribution in [0.25, 0.3) is 10.2 Å². The van der Waals surface area contributed by atoms with Crippen molar-refractivity contribution in [3.05, 3.63) is 16.3 Å². The van der Waals surface area contributed by atoms with Gasteiger partial charge >= 0.3 is 0 Å². The van der Waals surface area contributed by atoms with Crippen molar-refractivity contribution in [1.29, 1.82) is 0 Å². The first-order valence-electron chi connectivity index (χ1n) is 11.1. The lowest BCUT2D eigenvalue weighted by atomic mass is 9.48. The molecule has 2 aromatic heterocycles. The number of carbonyl (C=O) groups is 1. The Morgan fingerprint density at radius 3 is 2.37 bits per heavy atom. The largest absolute Gasteiger partial charge is 0.480 e. The number of thiophene rings is 1. The van der Waals surface area contributed by atoms with Gasteiger partial charge in [0.2, 0.25) is 5.88 Å². The van der Waals surface area contributed by atoms with E-state index in [2.05, 4.69) is 22.2 Å². The fourth-order valence-electron chi connectivity index (χ4n) is 6.83. The normalized spacial score (nSPS) is 30.6. The molecule has 4 saturated carbocycles. The molecule has 2 aromatic rings. The molecule has 7 heteroatoms. The number of amides is 1. The van der Waals surface area contributed by atoms with Crippen molar-refractivity contribution in [3.8, 4) is 5.88 Å². The number of rotatable bonds is 6. The Bertz CT molecular complexity index is 950. The molecule has 0 radical (unpaired) electrons. The summed E-state index contributed by atoms with van der Waals surface area (Å²) in [5.74, 6) is 3.71. The summed E-state index contributed by atoms with van der Waals surface area (Å²) >= 11 is 1.42. The van der Waals surface area contributed by atoms with Crippen LogP contribution >= 0.6 is 11.3 Å². The van der Waals surface area contributed by atoms with E-state index in [0.717, 1.165) is 33.5 Å². The number of fused-ring (bicyclic) bond motifs is 1. The minimum Gasteiger partial charge on any atom is -0.480 e. The molecule has 4 fully saturated rings. The summed E-state index contributed by atoms with van der Waals surface area (Å²) < 4.78 is 10.7. The molecule has 4 aliphatic rings. The SMILES string of the molecule is COCc1nc(OC)c2c(C)c(C(=O)NC(C)C34CC5CC(CC(C5)C3)C4)sc2n1. The molecule has 4 bridgehead atoms. The highest BCUT2D eigenvalue weighted by Crippen LogP contribution is 2.61. The summed E-state index contributed by atoms with van der Waals surface area (Å²) in [6.07, 6.45) is 8.09. The van der Waals surface area contributed by atoms with Gasteiger partial charge in [-0.05, 0) is 81.1 Å². The Labute approximate surface area is 181 Å². The van der Waals surface area contributed by atoms with Gasteiger partial charge in [-0.2, -0.15) is 4.98 Å². The highest BCUT2D eigenvalue weighted by Gasteiger charge is 2.53. The van der Waals surface area contributed by atoms with Crippen molar-refractivity contribution < 1.29 is 14.3 Å². The molecule has 1 N–H and O–H groups in total. The first kappa shape index (κ1) is 20.2. The number of hydrogen-bond acceptors (Lipinski definition) is 6. The summed E-state index contributed by atoms with van der Waals surface area (Å²) in [6.45, 7) is 4.50. The van der Waals surface area contributed by atoms with E-state index in [-0.39, 0.29) is 17.4 Å². The number of nitrogens with zero attached hydrogens (tertiary/aromatic N) is 2. The van der Waals surface area contributed by atoms with Crippen LogP contribution in [-0.4, -0.2) is 36.1 Å². The monoisotopic (exact) mass is 429 g/mol. The van der Waals surface area contributed by atoms with Crippen LogP contribution in [0.15, 0.2) is 0 Å². The molecule has 162 valence electrons. The Kier molecular flexibility index (Phi) is 5.01. The minimum absolute atomic E-state index is 0.00842. The van der Waals surface area contributed by atoms with E-state index in [1.54, 1.807) is 14.2 Å². The third-order valence-electron chi connectivity index (χ3n) is 7.83. The van der Waals surface area contributed by atoms with E-state index in [9.17, 15) is 4.79 Å². The van der Waals surface area contributed by atoms with Crippen LogP contribution in [0.1, 0.15) is 66.5 Å². The van der Waals surface area contributed by atoms with Crippen LogP contribution in [0.3, 0.4) is 0 Å². The molecule has 0 aliphatic heterocycles. The zero-order valence-corrected chi connectivity index (χ0v) is 19.1. The third-order valence-corrected chi connectivity index (χ3v) is 9.01. The zero-order valence-electron chi connectivity index (χ0n) is 18.3. The molecule has 1 amide bonds. The molecule has 6 nitrogen and oxygen atoms in total. The van der Waals surface area contributed by atoms with E-state index >= 15 is 0 Å². The molecule has 2 heterocycles. The number of methoxy groups -OCH3 is 2. The van der Waals surface area contributed by atoms with Crippen LogP contribution in [0, 0.1) is 30.1 Å². The molecule has 30 heavy (non-hydrogen) atoms. The van der Waals surface area contributed by atoms with Gasteiger partial charge in [0, 0.05) is 13.2 Å². The second-order valence-corrected chi connectivity index (χ2v) is 10.8. The summed E-state index contributed by atoms with van der Waals surface area (Å²) in [5, 5.41) is 4.22. The van der Waals surface area contributed by atoms with Gasteiger partial charge in [0.15, 0.2) is 5.82 Å². The van der Waals surface area contributed by atoms with Crippen molar-refractivity contribution in [1.82, 2.24) is 15.3 Å². The minimum atomic E-state index is 0.00842. The molecule has 0 aromatic carbocycles. The summed E-state index contributed by atoms with van der Waals surface area (Å²) in [6, 6.07) is 0.194. The van der Waals surface area contributed by atoms with E-state index in [1.807, 2.05) is 6.92 Å². The molecule has 1 atom stereocenters. The predicted octanol–water partition coefficient (Wildman–Crippen LogP) is 4.49. The lowest BCUT2D eigenvalue weighted by Crippen LogP contribution is -2.55. The molecular formula is C23H31N3O3S. The fourth-order valence-corrected chi connectivity index (χ4v) is 7.92. The van der Waals surface area contributed by atoms with Crippen LogP contribution in [0.4, 0.5) is 0 Å². The van der Waals surface area contributed by atoms with Crippen molar-refractivity contribution in [2.75, 3.05) is 14.2 Å². The Hall–Kier alpha value is -1.73. The number of carbonyl (C=O) groups excluding carboxylic acids is 1. The van der Waals surface area contributed by atoms with Gasteiger partial charge in [0.1, 0.15) is 11.4 Å². The van der Waals surface area contributed by atoms with Gasteiger partial charge < -0.3 is 14.8 Å². The van der Waals surface area contributed by atoms with Crippen molar-refractivity contribution in [2.45, 2.75) is 65.0 Å². The van der Waals surface area contributed by atoms with Crippen LogP contribution in [0.5, 0.6) is 5.88 Å². The van der Waals surface area contributed by atoms with Gasteiger partial charge in [-0.1, -0.05) is 0 Å². The van der Waals surface area contributed by atoms with Gasteiger partial charge in [0.25, 0.3) is 5.91 Å². The third kappa shape index (κ3) is 3.21. The highest BCUT2D eigenvalue weighted by atomic mass is 32.1. The van der Waals surface area contributed by atoms with E-state index < -0.39 is 0 Å². The van der Waals surface area contributed by atoms with Crippen molar-refractivity contribution in [2.24, 2.45) is 23.2 Å². The first-order chi connectivity index (χ1) is 14.4. The lowest BCUT2D eigenvalue weighted by molar-refractivity contribution is -0.0687. The topological polar surface area (TPSA) is 73.3 Å². The zero-order chi connectivity index (χ0) is 21.0. The predicted molar refractivity (Wildman–Crippen MR) is 117 cm³/mol. The van der Waals surface area contributed by atoms with Crippen LogP contribution in [0.2, 0.25) is 0 Å². The quantitative estimate of drug-likeness (QED) is 0.732. The Morgan fingerprint density at radius 1 is 1.17 bits per heavy atom. The smallest absolute Gasteiger partial charge is 0.261 e. The Morgan fingerprint density at radius 2 is 1.80 bits per heavy atom. The van der Waals surface area contributed by atoms with Gasteiger partial charge in [0.05, 0.1) is 17.4 Å². The summed E-state index contributed by atoms with van der Waals surface area (Å²) in [5.41, 5.74) is 1.18. The van der Waals surface area contributed by atoms with Crippen molar-refractivity contribution >= 4 is 27.5 Å². The van der Waals surface area contributed by atoms with E-state index in [4.69, 9.17) is 9.47 Å². The molecular weight excluding hydrogens is 398 g/mol. The second kappa shape index (κ2) is 7.45. The van der Waals surface area contributed by atoms with Gasteiger partial charge in [-0.3, -0.25) is 4.79 Å². The maximum Gasteiger partial charge on any atom is 0.261 e. The summed E-state index contributed by atoms with van der Waals surface area (Å²) in [7, 11) is 3.22. The van der Waals surface area contributed by atoms with Crippen molar-refractivity contribution in [3.63, 3.8) is 0 Å². The van der Waals surface area contributed by atoms with Gasteiger partial charge in [-0.15, -0.1) is 11.3 Å².